The highest BCUT2D eigenvalue weighted by molar-refractivity contribution is 6.89. The molecule has 6 heteroatoms. The van der Waals surface area contributed by atoms with E-state index < -0.39 is 22.1 Å². The molecule has 1 heterocycles. The Morgan fingerprint density at radius 1 is 1.00 bits per heavy atom. The Balaban J connectivity index is 2.53. The summed E-state index contributed by atoms with van der Waals surface area (Å²) in [7, 11) is -3.24. The molecule has 0 fully saturated rings. The Bertz CT molecular complexity index is 629. The second-order valence-corrected chi connectivity index (χ2v) is 20.1. The van der Waals surface area contributed by atoms with Crippen molar-refractivity contribution in [2.75, 3.05) is 0 Å². The predicted octanol–water partition coefficient (Wildman–Crippen LogP) is 4.74. The van der Waals surface area contributed by atoms with Crippen LogP contribution in [-0.2, 0) is 4.84 Å². The molecule has 0 amide bonds. The van der Waals surface area contributed by atoms with Crippen LogP contribution in [0.25, 0.3) is 0 Å². The molecule has 2 rings (SSSR count). The van der Waals surface area contributed by atoms with Crippen LogP contribution in [0.15, 0.2) is 35.5 Å². The minimum Gasteiger partial charge on any atom is -0.390 e. The molecular weight excluding hydrogens is 356 g/mol. The maximum atomic E-state index is 11.0. The highest BCUT2D eigenvalue weighted by Crippen LogP contribution is 2.39. The van der Waals surface area contributed by atoms with E-state index in [-0.39, 0.29) is 18.1 Å². The normalized spacial score (nSPS) is 25.0. The topological polar surface area (TPSA) is 45.1 Å². The second-order valence-electron chi connectivity index (χ2n) is 10.0. The lowest BCUT2D eigenvalue weighted by atomic mass is 9.74. The fraction of sp³-hybridized carbons (Fsp3) is 0.650. The van der Waals surface area contributed by atoms with Gasteiger partial charge in [-0.1, -0.05) is 81.7 Å². The first-order valence-electron chi connectivity index (χ1n) is 9.55. The Kier molecular flexibility index (Phi) is 5.93. The van der Waals surface area contributed by atoms with Crippen LogP contribution in [0.2, 0.25) is 39.3 Å². The van der Waals surface area contributed by atoms with Crippen LogP contribution >= 0.6 is 0 Å². The summed E-state index contributed by atoms with van der Waals surface area (Å²) in [6, 6.07) is 10.1. The minimum atomic E-state index is -1.62. The lowest BCUT2D eigenvalue weighted by Gasteiger charge is -2.52. The molecule has 1 aromatic carbocycles. The standard InChI is InChI=1S/C20H36N2O2Si2/c1-15-17(20(2,3)23)18(16-13-11-10-12-14-16)21-24-19(15)22(25(4,5)6)26(7,8)9/h10-15,17,19,23H,1-9H3/t15-,17-,19-/m0/s1. The highest BCUT2D eigenvalue weighted by Gasteiger charge is 2.50. The summed E-state index contributed by atoms with van der Waals surface area (Å²) >= 11 is 0. The van der Waals surface area contributed by atoms with Gasteiger partial charge >= 0.3 is 0 Å². The third-order valence-electron chi connectivity index (χ3n) is 5.06. The van der Waals surface area contributed by atoms with Gasteiger partial charge in [0.1, 0.15) is 16.5 Å². The summed E-state index contributed by atoms with van der Waals surface area (Å²) in [5.74, 6) is 0.0556. The van der Waals surface area contributed by atoms with Gasteiger partial charge < -0.3 is 14.2 Å². The van der Waals surface area contributed by atoms with Crippen molar-refractivity contribution in [1.82, 2.24) is 4.23 Å². The van der Waals surface area contributed by atoms with Crippen LogP contribution in [0.1, 0.15) is 26.3 Å². The van der Waals surface area contributed by atoms with Crippen molar-refractivity contribution in [2.45, 2.75) is 71.9 Å². The third kappa shape index (κ3) is 4.47. The van der Waals surface area contributed by atoms with Crippen molar-refractivity contribution in [3.63, 3.8) is 0 Å². The van der Waals surface area contributed by atoms with Gasteiger partial charge in [-0.05, 0) is 19.4 Å². The Labute approximate surface area is 161 Å². The Hall–Kier alpha value is -0.956. The van der Waals surface area contributed by atoms with Crippen LogP contribution in [0.3, 0.4) is 0 Å². The summed E-state index contributed by atoms with van der Waals surface area (Å²) < 4.78 is 2.65. The highest BCUT2D eigenvalue weighted by atomic mass is 28.4. The summed E-state index contributed by atoms with van der Waals surface area (Å²) in [6.45, 7) is 20.2. The summed E-state index contributed by atoms with van der Waals surface area (Å²) in [5.41, 5.74) is 1.01. The van der Waals surface area contributed by atoms with E-state index in [9.17, 15) is 5.11 Å². The number of rotatable bonds is 5. The van der Waals surface area contributed by atoms with Gasteiger partial charge in [0.2, 0.25) is 0 Å². The van der Waals surface area contributed by atoms with Gasteiger partial charge in [-0.15, -0.1) is 0 Å². The largest absolute Gasteiger partial charge is 0.390 e. The zero-order valence-electron chi connectivity index (χ0n) is 17.9. The van der Waals surface area contributed by atoms with Crippen LogP contribution in [0, 0.1) is 11.8 Å². The average Bonchev–Trinajstić information content (AvgIpc) is 2.45. The molecule has 0 aliphatic carbocycles. The smallest absolute Gasteiger partial charge is 0.172 e. The molecular formula is C20H36N2O2Si2. The average molecular weight is 393 g/mol. The third-order valence-corrected chi connectivity index (χ3v) is 12.5. The van der Waals surface area contributed by atoms with Crippen molar-refractivity contribution >= 4 is 22.2 Å². The molecule has 146 valence electrons. The summed E-state index contributed by atoms with van der Waals surface area (Å²) in [5, 5.41) is 15.6. The summed E-state index contributed by atoms with van der Waals surface area (Å²) in [4.78, 5) is 6.17. The molecule has 0 saturated heterocycles. The number of aliphatic hydroxyl groups is 1. The lowest BCUT2D eigenvalue weighted by molar-refractivity contribution is -0.0900. The molecule has 0 bridgehead atoms. The fourth-order valence-electron chi connectivity index (χ4n) is 4.55. The van der Waals surface area contributed by atoms with Crippen molar-refractivity contribution in [2.24, 2.45) is 17.0 Å². The number of benzene rings is 1. The quantitative estimate of drug-likeness (QED) is 0.736. The molecule has 1 aromatic rings. The number of nitrogens with zero attached hydrogens (tertiary/aromatic N) is 2. The lowest BCUT2D eigenvalue weighted by Crippen LogP contribution is -2.67. The molecule has 1 aliphatic heterocycles. The molecule has 3 atom stereocenters. The minimum absolute atomic E-state index is 0.0844. The van der Waals surface area contributed by atoms with Gasteiger partial charge in [0.25, 0.3) is 0 Å². The first kappa shape index (κ1) is 21.3. The maximum absolute atomic E-state index is 11.0. The zero-order chi connectivity index (χ0) is 19.9. The number of oxime groups is 1. The molecule has 26 heavy (non-hydrogen) atoms. The van der Waals surface area contributed by atoms with E-state index in [1.54, 1.807) is 0 Å². The first-order valence-corrected chi connectivity index (χ1v) is 16.4. The number of hydrogen-bond donors (Lipinski definition) is 1. The molecule has 0 spiro atoms. The van der Waals surface area contributed by atoms with Gasteiger partial charge in [-0.25, -0.2) is 0 Å². The first-order chi connectivity index (χ1) is 11.7. The second kappa shape index (κ2) is 7.22. The molecule has 1 aliphatic rings. The molecule has 4 nitrogen and oxygen atoms in total. The van der Waals surface area contributed by atoms with E-state index in [0.29, 0.717) is 0 Å². The van der Waals surface area contributed by atoms with Crippen LogP contribution in [0.5, 0.6) is 0 Å². The molecule has 0 radical (unpaired) electrons. The fourth-order valence-corrected chi connectivity index (χ4v) is 14.7. The van der Waals surface area contributed by atoms with Crippen molar-refractivity contribution in [3.05, 3.63) is 35.9 Å². The molecule has 0 unspecified atom stereocenters. The van der Waals surface area contributed by atoms with Gasteiger partial charge in [0.05, 0.1) is 11.3 Å². The van der Waals surface area contributed by atoms with E-state index in [4.69, 9.17) is 4.84 Å². The molecule has 0 aromatic heterocycles. The molecule has 1 N–H and O–H groups in total. The predicted molar refractivity (Wildman–Crippen MR) is 115 cm³/mol. The SMILES string of the molecule is C[C@H]1[C@H](C(C)(C)O)C(c2ccccc2)=NO[C@@H]1N([Si](C)(C)C)[Si](C)(C)C. The van der Waals surface area contributed by atoms with Crippen LogP contribution in [-0.4, -0.2) is 43.3 Å². The van der Waals surface area contributed by atoms with E-state index in [1.165, 1.54) is 0 Å². The van der Waals surface area contributed by atoms with E-state index in [1.807, 2.05) is 44.2 Å². The monoisotopic (exact) mass is 392 g/mol. The van der Waals surface area contributed by atoms with Crippen LogP contribution in [0.4, 0.5) is 0 Å². The van der Waals surface area contributed by atoms with E-state index in [2.05, 4.69) is 55.6 Å². The zero-order valence-corrected chi connectivity index (χ0v) is 19.9. The summed E-state index contributed by atoms with van der Waals surface area (Å²) in [6.07, 6.45) is -0.0859. The van der Waals surface area contributed by atoms with Crippen molar-refractivity contribution in [3.8, 4) is 0 Å². The van der Waals surface area contributed by atoms with Crippen molar-refractivity contribution < 1.29 is 9.94 Å². The van der Waals surface area contributed by atoms with Gasteiger partial charge in [0.15, 0.2) is 6.23 Å². The van der Waals surface area contributed by atoms with Gasteiger partial charge in [-0.3, -0.25) is 0 Å². The van der Waals surface area contributed by atoms with Gasteiger partial charge in [0, 0.05) is 11.8 Å². The van der Waals surface area contributed by atoms with Gasteiger partial charge in [-0.2, -0.15) is 0 Å². The number of hydrogen-bond acceptors (Lipinski definition) is 4. The maximum Gasteiger partial charge on any atom is 0.172 e. The Morgan fingerprint density at radius 2 is 1.50 bits per heavy atom. The van der Waals surface area contributed by atoms with Crippen LogP contribution < -0.4 is 0 Å². The molecule has 0 saturated carbocycles. The van der Waals surface area contributed by atoms with E-state index >= 15 is 0 Å². The van der Waals surface area contributed by atoms with E-state index in [0.717, 1.165) is 11.3 Å². The Morgan fingerprint density at radius 3 is 1.92 bits per heavy atom. The van der Waals surface area contributed by atoms with Crippen molar-refractivity contribution in [1.29, 1.82) is 0 Å².